The highest BCUT2D eigenvalue weighted by Gasteiger charge is 2.38. The number of amides is 2. The van der Waals surface area contributed by atoms with Crippen LogP contribution in [0.4, 0.5) is 26.3 Å². The summed E-state index contributed by atoms with van der Waals surface area (Å²) >= 11 is 6.32. The molecule has 0 bridgehead atoms. The molecule has 2 aromatic carbocycles. The van der Waals surface area contributed by atoms with Crippen LogP contribution in [0.5, 0.6) is 0 Å². The van der Waals surface area contributed by atoms with Crippen molar-refractivity contribution < 1.29 is 35.9 Å². The summed E-state index contributed by atoms with van der Waals surface area (Å²) in [5.41, 5.74) is 0.409. The third-order valence-corrected chi connectivity index (χ3v) is 10.8. The number of carbonyl (C=O) groups is 2. The Balaban J connectivity index is 1.01. The van der Waals surface area contributed by atoms with Crippen molar-refractivity contribution in [3.05, 3.63) is 118 Å². The molecule has 0 radical (unpaired) electrons. The molecule has 284 valence electrons. The Kier molecular flexibility index (Phi) is 9.30. The predicted octanol–water partition coefficient (Wildman–Crippen LogP) is 9.00. The van der Waals surface area contributed by atoms with Gasteiger partial charge in [0, 0.05) is 43.3 Å². The van der Waals surface area contributed by atoms with E-state index in [0.29, 0.717) is 31.4 Å². The molecule has 2 amide bonds. The van der Waals surface area contributed by atoms with Gasteiger partial charge in [0.1, 0.15) is 11.4 Å². The van der Waals surface area contributed by atoms with Crippen molar-refractivity contribution >= 4 is 40.0 Å². The van der Waals surface area contributed by atoms with Gasteiger partial charge in [0.05, 0.1) is 29.0 Å². The maximum absolute atomic E-state index is 14.7. The first-order chi connectivity index (χ1) is 26.2. The number of alkyl halides is 6. The van der Waals surface area contributed by atoms with Crippen LogP contribution in [0.15, 0.2) is 79.3 Å². The van der Waals surface area contributed by atoms with Crippen molar-refractivity contribution in [3.63, 3.8) is 0 Å². The van der Waals surface area contributed by atoms with Gasteiger partial charge in [-0.2, -0.15) is 31.4 Å². The molecular formula is C39H32ClF6N7O2. The monoisotopic (exact) mass is 779 g/mol. The van der Waals surface area contributed by atoms with E-state index in [1.807, 2.05) is 0 Å². The number of benzene rings is 2. The van der Waals surface area contributed by atoms with Gasteiger partial charge in [0.25, 0.3) is 11.8 Å². The molecule has 1 N–H and O–H groups in total. The Morgan fingerprint density at radius 1 is 0.764 bits per heavy atom. The highest BCUT2D eigenvalue weighted by atomic mass is 35.5. The summed E-state index contributed by atoms with van der Waals surface area (Å²) in [5, 5.41) is 4.99. The van der Waals surface area contributed by atoms with Crippen LogP contribution in [0.25, 0.3) is 27.7 Å². The molecule has 0 atom stereocenters. The van der Waals surface area contributed by atoms with E-state index in [0.717, 1.165) is 23.0 Å². The second-order valence-corrected chi connectivity index (χ2v) is 14.3. The molecule has 55 heavy (non-hydrogen) atoms. The molecule has 16 heteroatoms. The number of H-pyrrole nitrogens is 1. The number of halogens is 7. The van der Waals surface area contributed by atoms with E-state index in [-0.39, 0.29) is 76.8 Å². The van der Waals surface area contributed by atoms with E-state index in [1.54, 1.807) is 41.6 Å². The van der Waals surface area contributed by atoms with Crippen molar-refractivity contribution in [2.45, 2.75) is 49.9 Å². The fraction of sp³-hybridized carbons (Fsp3) is 0.308. The van der Waals surface area contributed by atoms with Gasteiger partial charge in [0.2, 0.25) is 0 Å². The second kappa shape index (κ2) is 14.0. The van der Waals surface area contributed by atoms with Crippen LogP contribution < -0.4 is 0 Å². The number of imidazole rings is 1. The fourth-order valence-electron chi connectivity index (χ4n) is 7.91. The Bertz CT molecular complexity index is 2390. The molecule has 4 aromatic heterocycles. The number of aromatic nitrogens is 5. The highest BCUT2D eigenvalue weighted by Crippen LogP contribution is 2.42. The van der Waals surface area contributed by atoms with Gasteiger partial charge in [-0.1, -0.05) is 41.9 Å². The van der Waals surface area contributed by atoms with Crippen LogP contribution in [-0.4, -0.2) is 72.4 Å². The van der Waals surface area contributed by atoms with Crippen LogP contribution >= 0.6 is 11.6 Å². The van der Waals surface area contributed by atoms with Gasteiger partial charge in [-0.25, -0.2) is 9.50 Å². The molecule has 6 heterocycles. The van der Waals surface area contributed by atoms with E-state index in [2.05, 4.69) is 20.1 Å². The first-order valence-electron chi connectivity index (χ1n) is 17.7. The second-order valence-electron chi connectivity index (χ2n) is 13.9. The minimum atomic E-state index is -4.70. The van der Waals surface area contributed by atoms with Gasteiger partial charge >= 0.3 is 12.4 Å². The summed E-state index contributed by atoms with van der Waals surface area (Å²) in [6.07, 6.45) is -3.32. The number of pyridine rings is 1. The average Bonchev–Trinajstić information content (AvgIpc) is 3.81. The fourth-order valence-corrected chi connectivity index (χ4v) is 8.10. The number of hydrogen-bond acceptors (Lipinski definition) is 5. The Labute approximate surface area is 314 Å². The third kappa shape index (κ3) is 7.12. The standard InChI is InChI=1S/C39H32ClF6N7O2/c40-34-19-28(35-49-33(21-53(35)50-34)37(55)52-15-8-22(9-16-52)26-3-1-2-4-29(26)38(41,42)43)24-5-6-27(30(17-24)39(44,45)46)23-10-13-51(14-11-23)36(54)31-18-25-7-12-47-20-32(25)48-31/h1-7,12,17-23,48H,8-11,13-16H2. The molecule has 0 unspecified atom stereocenters. The van der Waals surface area contributed by atoms with E-state index in [1.165, 1.54) is 39.9 Å². The summed E-state index contributed by atoms with van der Waals surface area (Å²) in [5.74, 6) is -1.55. The topological polar surface area (TPSA) is 99.5 Å². The number of rotatable bonds is 5. The SMILES string of the molecule is O=C(c1cn2nc(Cl)cc(-c3ccc(C4CCN(C(=O)c5cc6ccncc6[nH]5)CC4)c(C(F)(F)F)c3)c2n1)N1CCC(c2ccccc2C(F)(F)F)CC1. The van der Waals surface area contributed by atoms with E-state index in [4.69, 9.17) is 11.6 Å². The maximum Gasteiger partial charge on any atom is 0.416 e. The van der Waals surface area contributed by atoms with Crippen LogP contribution in [0, 0.1) is 0 Å². The molecule has 0 saturated carbocycles. The molecule has 2 saturated heterocycles. The van der Waals surface area contributed by atoms with Gasteiger partial charge < -0.3 is 14.8 Å². The number of nitrogens with zero attached hydrogens (tertiary/aromatic N) is 6. The minimum absolute atomic E-state index is 0.0248. The Morgan fingerprint density at radius 2 is 1.40 bits per heavy atom. The van der Waals surface area contributed by atoms with E-state index in [9.17, 15) is 35.9 Å². The molecule has 0 aliphatic carbocycles. The maximum atomic E-state index is 14.7. The number of aromatic amines is 1. The summed E-state index contributed by atoms with van der Waals surface area (Å²) in [4.78, 5) is 41.6. The van der Waals surface area contributed by atoms with Crippen LogP contribution in [0.1, 0.15) is 80.7 Å². The van der Waals surface area contributed by atoms with Crippen LogP contribution in [0.2, 0.25) is 5.15 Å². The number of nitrogens with one attached hydrogen (secondary N) is 1. The smallest absolute Gasteiger partial charge is 0.349 e. The summed E-state index contributed by atoms with van der Waals surface area (Å²) in [6.45, 7) is 0.934. The van der Waals surface area contributed by atoms with Crippen molar-refractivity contribution in [3.8, 4) is 11.1 Å². The number of fused-ring (bicyclic) bond motifs is 2. The van der Waals surface area contributed by atoms with Gasteiger partial charge in [-0.3, -0.25) is 14.6 Å². The Hall–Kier alpha value is -5.44. The third-order valence-electron chi connectivity index (χ3n) is 10.6. The van der Waals surface area contributed by atoms with Crippen LogP contribution in [0.3, 0.4) is 0 Å². The molecular weight excluding hydrogens is 748 g/mol. The van der Waals surface area contributed by atoms with Gasteiger partial charge in [0.15, 0.2) is 10.8 Å². The molecule has 0 spiro atoms. The molecule has 2 aliphatic rings. The molecule has 9 nitrogen and oxygen atoms in total. The highest BCUT2D eigenvalue weighted by molar-refractivity contribution is 6.29. The van der Waals surface area contributed by atoms with Crippen molar-refractivity contribution in [1.82, 2.24) is 34.4 Å². The molecule has 6 aromatic rings. The number of piperidine rings is 2. The van der Waals surface area contributed by atoms with Gasteiger partial charge in [-0.15, -0.1) is 0 Å². The summed E-state index contributed by atoms with van der Waals surface area (Å²) in [7, 11) is 0. The van der Waals surface area contributed by atoms with Crippen molar-refractivity contribution in [2.24, 2.45) is 0 Å². The normalized spacial score (nSPS) is 16.3. The minimum Gasteiger partial charge on any atom is -0.349 e. The lowest BCUT2D eigenvalue weighted by Crippen LogP contribution is -2.38. The summed E-state index contributed by atoms with van der Waals surface area (Å²) in [6, 6.07) is 14.4. The number of likely N-dealkylation sites (tertiary alicyclic amines) is 2. The zero-order chi connectivity index (χ0) is 38.6. The first-order valence-corrected chi connectivity index (χ1v) is 18.1. The molecule has 2 fully saturated rings. The number of hydrogen-bond donors (Lipinski definition) is 1. The summed E-state index contributed by atoms with van der Waals surface area (Å²) < 4.78 is 86.3. The average molecular weight is 780 g/mol. The van der Waals surface area contributed by atoms with Crippen molar-refractivity contribution in [1.29, 1.82) is 0 Å². The van der Waals surface area contributed by atoms with Crippen molar-refractivity contribution in [2.75, 3.05) is 26.2 Å². The lowest BCUT2D eigenvalue weighted by molar-refractivity contribution is -0.139. The zero-order valence-corrected chi connectivity index (χ0v) is 29.7. The molecule has 2 aliphatic heterocycles. The zero-order valence-electron chi connectivity index (χ0n) is 29.0. The lowest BCUT2D eigenvalue weighted by atomic mass is 9.85. The van der Waals surface area contributed by atoms with E-state index >= 15 is 0 Å². The number of carbonyl (C=O) groups excluding carboxylic acids is 2. The first kappa shape index (κ1) is 36.5. The predicted molar refractivity (Wildman–Crippen MR) is 192 cm³/mol. The van der Waals surface area contributed by atoms with Gasteiger partial charge in [-0.05, 0) is 84.5 Å². The largest absolute Gasteiger partial charge is 0.416 e. The quantitative estimate of drug-likeness (QED) is 0.176. The van der Waals surface area contributed by atoms with E-state index < -0.39 is 35.3 Å². The molecule has 8 rings (SSSR count). The lowest BCUT2D eigenvalue weighted by Gasteiger charge is -2.33. The Morgan fingerprint density at radius 3 is 2.05 bits per heavy atom. The van der Waals surface area contributed by atoms with Crippen LogP contribution in [-0.2, 0) is 12.4 Å².